The summed E-state index contributed by atoms with van der Waals surface area (Å²) in [6, 6.07) is 15.0. The summed E-state index contributed by atoms with van der Waals surface area (Å²) < 4.78 is 5.81. The molecule has 2 heteroatoms. The Hall–Kier alpha value is -1.83. The Morgan fingerprint density at radius 1 is 1.09 bits per heavy atom. The van der Waals surface area contributed by atoms with Gasteiger partial charge in [-0.3, -0.25) is 4.79 Å². The monoisotopic (exact) mass is 296 g/mol. The van der Waals surface area contributed by atoms with E-state index in [1.807, 2.05) is 6.92 Å². The minimum atomic E-state index is -0.0420. The molecule has 0 radical (unpaired) electrons. The highest BCUT2D eigenvalue weighted by Crippen LogP contribution is 2.38. The molecular weight excluding hydrogens is 272 g/mol. The first-order valence-electron chi connectivity index (χ1n) is 8.46. The smallest absolute Gasteiger partial charge is 0.306 e. The molecule has 22 heavy (non-hydrogen) atoms. The number of hydrogen-bond donors (Lipinski definition) is 0. The summed E-state index contributed by atoms with van der Waals surface area (Å²) in [5, 5.41) is 2.57. The number of hydrogen-bond acceptors (Lipinski definition) is 2. The molecule has 0 spiro atoms. The van der Waals surface area contributed by atoms with Crippen molar-refractivity contribution in [2.24, 2.45) is 0 Å². The van der Waals surface area contributed by atoms with Crippen LogP contribution in [0.3, 0.4) is 0 Å². The molecule has 116 valence electrons. The van der Waals surface area contributed by atoms with Crippen molar-refractivity contribution >= 4 is 16.7 Å². The average Bonchev–Trinajstić information content (AvgIpc) is 2.55. The van der Waals surface area contributed by atoms with Crippen LogP contribution in [0, 0.1) is 0 Å². The van der Waals surface area contributed by atoms with Crippen LogP contribution in [0.25, 0.3) is 10.8 Å². The van der Waals surface area contributed by atoms with Crippen LogP contribution in [0.2, 0.25) is 0 Å². The second kappa shape index (κ2) is 6.95. The standard InChI is InChI=1S/C20H24O2/c1-2-8-20(21)22-19-14-6-5-12-18(19)17-13-7-10-15-9-3-4-11-16(15)17/h3-4,7,9-11,13,18-19H,2,5-6,8,12,14H2,1H3/t18-,19-/m0/s1. The van der Waals surface area contributed by atoms with Crippen LogP contribution >= 0.6 is 0 Å². The molecular formula is C20H24O2. The SMILES string of the molecule is CCCC(=O)O[C@H]1CCCC[C@H]1c1cccc2ccccc12. The lowest BCUT2D eigenvalue weighted by atomic mass is 9.80. The maximum Gasteiger partial charge on any atom is 0.306 e. The fourth-order valence-corrected chi connectivity index (χ4v) is 3.60. The Bertz CT molecular complexity index is 642. The van der Waals surface area contributed by atoms with Crippen LogP contribution in [-0.4, -0.2) is 12.1 Å². The first-order chi connectivity index (χ1) is 10.8. The molecule has 0 saturated heterocycles. The van der Waals surface area contributed by atoms with E-state index < -0.39 is 0 Å². The Balaban J connectivity index is 1.90. The zero-order valence-corrected chi connectivity index (χ0v) is 13.3. The van der Waals surface area contributed by atoms with Crippen LogP contribution in [-0.2, 0) is 9.53 Å². The first kappa shape index (κ1) is 15.1. The number of carbonyl (C=O) groups is 1. The average molecular weight is 296 g/mol. The van der Waals surface area contributed by atoms with E-state index in [2.05, 4.69) is 42.5 Å². The van der Waals surface area contributed by atoms with Gasteiger partial charge < -0.3 is 4.74 Å². The number of carbonyl (C=O) groups excluding carboxylic acids is 1. The van der Waals surface area contributed by atoms with Crippen molar-refractivity contribution in [2.75, 3.05) is 0 Å². The molecule has 3 rings (SSSR count). The molecule has 0 N–H and O–H groups in total. The lowest BCUT2D eigenvalue weighted by Crippen LogP contribution is -2.28. The molecule has 0 heterocycles. The summed E-state index contributed by atoms with van der Waals surface area (Å²) >= 11 is 0. The number of benzene rings is 2. The molecule has 2 atom stereocenters. The zero-order chi connectivity index (χ0) is 15.4. The predicted octanol–water partition coefficient (Wildman–Crippen LogP) is 5.21. The van der Waals surface area contributed by atoms with Gasteiger partial charge in [0.05, 0.1) is 0 Å². The molecule has 1 aliphatic carbocycles. The quantitative estimate of drug-likeness (QED) is 0.724. The lowest BCUT2D eigenvalue weighted by molar-refractivity contribution is -0.151. The van der Waals surface area contributed by atoms with Gasteiger partial charge in [0.15, 0.2) is 0 Å². The summed E-state index contributed by atoms with van der Waals surface area (Å²) in [6.07, 6.45) is 5.89. The Morgan fingerprint density at radius 3 is 2.73 bits per heavy atom. The van der Waals surface area contributed by atoms with Gasteiger partial charge in [-0.2, -0.15) is 0 Å². The van der Waals surface area contributed by atoms with Crippen molar-refractivity contribution in [3.63, 3.8) is 0 Å². The highest BCUT2D eigenvalue weighted by molar-refractivity contribution is 5.86. The van der Waals surface area contributed by atoms with Crippen molar-refractivity contribution in [1.82, 2.24) is 0 Å². The molecule has 0 amide bonds. The summed E-state index contributed by atoms with van der Waals surface area (Å²) in [5.74, 6) is 0.292. The predicted molar refractivity (Wildman–Crippen MR) is 89.9 cm³/mol. The fourth-order valence-electron chi connectivity index (χ4n) is 3.60. The molecule has 0 unspecified atom stereocenters. The minimum absolute atomic E-state index is 0.0404. The summed E-state index contributed by atoms with van der Waals surface area (Å²) in [5.41, 5.74) is 1.34. The van der Waals surface area contributed by atoms with Gasteiger partial charge in [0.2, 0.25) is 0 Å². The largest absolute Gasteiger partial charge is 0.462 e. The number of fused-ring (bicyclic) bond motifs is 1. The van der Waals surface area contributed by atoms with Gasteiger partial charge in [0, 0.05) is 12.3 Å². The number of esters is 1. The van der Waals surface area contributed by atoms with E-state index in [0.717, 1.165) is 25.7 Å². The Morgan fingerprint density at radius 2 is 1.86 bits per heavy atom. The first-order valence-corrected chi connectivity index (χ1v) is 8.46. The van der Waals surface area contributed by atoms with Crippen LogP contribution in [0.4, 0.5) is 0 Å². The molecule has 2 aromatic rings. The Labute approximate surface area is 132 Å². The topological polar surface area (TPSA) is 26.3 Å². The van der Waals surface area contributed by atoms with Gasteiger partial charge in [-0.05, 0) is 42.0 Å². The van der Waals surface area contributed by atoms with E-state index in [9.17, 15) is 4.79 Å². The molecule has 1 saturated carbocycles. The van der Waals surface area contributed by atoms with Crippen molar-refractivity contribution in [1.29, 1.82) is 0 Å². The van der Waals surface area contributed by atoms with Gasteiger partial charge in [-0.25, -0.2) is 0 Å². The minimum Gasteiger partial charge on any atom is -0.462 e. The van der Waals surface area contributed by atoms with E-state index in [4.69, 9.17) is 4.74 Å². The van der Waals surface area contributed by atoms with Crippen molar-refractivity contribution in [3.05, 3.63) is 48.0 Å². The van der Waals surface area contributed by atoms with Gasteiger partial charge in [-0.1, -0.05) is 55.8 Å². The van der Waals surface area contributed by atoms with Crippen molar-refractivity contribution < 1.29 is 9.53 Å². The van der Waals surface area contributed by atoms with Crippen molar-refractivity contribution in [3.8, 4) is 0 Å². The normalized spacial score (nSPS) is 21.7. The van der Waals surface area contributed by atoms with Crippen LogP contribution in [0.15, 0.2) is 42.5 Å². The van der Waals surface area contributed by atoms with Crippen molar-refractivity contribution in [2.45, 2.75) is 57.5 Å². The lowest BCUT2D eigenvalue weighted by Gasteiger charge is -2.32. The second-order valence-corrected chi connectivity index (χ2v) is 6.24. The third-order valence-corrected chi connectivity index (χ3v) is 4.66. The fraction of sp³-hybridized carbons (Fsp3) is 0.450. The molecule has 2 aromatic carbocycles. The highest BCUT2D eigenvalue weighted by atomic mass is 16.5. The summed E-state index contributed by atoms with van der Waals surface area (Å²) in [7, 11) is 0. The molecule has 1 aliphatic rings. The molecule has 0 aliphatic heterocycles. The van der Waals surface area contributed by atoms with Crippen LogP contribution in [0.5, 0.6) is 0 Å². The zero-order valence-electron chi connectivity index (χ0n) is 13.3. The molecule has 0 aromatic heterocycles. The number of ether oxygens (including phenoxy) is 1. The van der Waals surface area contributed by atoms with Gasteiger partial charge in [0.25, 0.3) is 0 Å². The second-order valence-electron chi connectivity index (χ2n) is 6.24. The molecule has 1 fully saturated rings. The summed E-state index contributed by atoms with van der Waals surface area (Å²) in [4.78, 5) is 11.9. The van der Waals surface area contributed by atoms with Gasteiger partial charge in [-0.15, -0.1) is 0 Å². The number of rotatable bonds is 4. The molecule has 2 nitrogen and oxygen atoms in total. The third-order valence-electron chi connectivity index (χ3n) is 4.66. The van der Waals surface area contributed by atoms with E-state index in [1.165, 1.54) is 22.8 Å². The third kappa shape index (κ3) is 3.16. The van der Waals surface area contributed by atoms with E-state index in [-0.39, 0.29) is 12.1 Å². The van der Waals surface area contributed by atoms with Gasteiger partial charge >= 0.3 is 5.97 Å². The van der Waals surface area contributed by atoms with Crippen LogP contribution < -0.4 is 0 Å². The van der Waals surface area contributed by atoms with Crippen LogP contribution in [0.1, 0.15) is 56.9 Å². The maximum absolute atomic E-state index is 11.9. The van der Waals surface area contributed by atoms with E-state index >= 15 is 0 Å². The Kier molecular flexibility index (Phi) is 4.77. The van der Waals surface area contributed by atoms with Gasteiger partial charge in [0.1, 0.15) is 6.10 Å². The van der Waals surface area contributed by atoms with E-state index in [0.29, 0.717) is 12.3 Å². The highest BCUT2D eigenvalue weighted by Gasteiger charge is 2.30. The maximum atomic E-state index is 11.9. The molecule has 0 bridgehead atoms. The van der Waals surface area contributed by atoms with E-state index in [1.54, 1.807) is 0 Å². The summed E-state index contributed by atoms with van der Waals surface area (Å²) in [6.45, 7) is 2.02.